The van der Waals surface area contributed by atoms with Crippen molar-refractivity contribution in [3.63, 3.8) is 0 Å². The van der Waals surface area contributed by atoms with Crippen LogP contribution in [-0.2, 0) is 0 Å². The second kappa shape index (κ2) is 8.63. The maximum Gasteiger partial charge on any atom is 0.322 e. The molecule has 2 aliphatic rings. The lowest BCUT2D eigenvalue weighted by Gasteiger charge is -2.37. The van der Waals surface area contributed by atoms with Crippen LogP contribution in [0, 0.1) is 5.82 Å². The Bertz CT molecular complexity index is 1090. The number of halogens is 1. The van der Waals surface area contributed by atoms with E-state index in [1.807, 2.05) is 71.6 Å². The molecule has 3 atom stereocenters. The predicted molar refractivity (Wildman–Crippen MR) is 122 cm³/mol. The van der Waals surface area contributed by atoms with Gasteiger partial charge in [-0.1, -0.05) is 36.4 Å². The molecule has 0 spiro atoms. The second-order valence-electron chi connectivity index (χ2n) is 8.49. The summed E-state index contributed by atoms with van der Waals surface area (Å²) in [7, 11) is 0. The monoisotopic (exact) mass is 431 g/mol. The average molecular weight is 432 g/mol. The second-order valence-corrected chi connectivity index (χ2v) is 8.49. The SMILES string of the molecule is CC(c1ccc(F)cc1)N1CC2CC1CN2C(=O)Nc1cccc(Oc2ccccc2)c1. The van der Waals surface area contributed by atoms with Crippen molar-refractivity contribution in [3.8, 4) is 11.5 Å². The van der Waals surface area contributed by atoms with E-state index in [1.54, 1.807) is 0 Å². The topological polar surface area (TPSA) is 44.8 Å². The lowest BCUT2D eigenvalue weighted by Crippen LogP contribution is -2.50. The molecule has 3 unspecified atom stereocenters. The Balaban J connectivity index is 1.20. The van der Waals surface area contributed by atoms with Gasteiger partial charge in [-0.2, -0.15) is 0 Å². The van der Waals surface area contributed by atoms with Crippen molar-refractivity contribution in [1.29, 1.82) is 0 Å². The fourth-order valence-electron chi connectivity index (χ4n) is 4.81. The third-order valence-electron chi connectivity index (χ3n) is 6.46. The van der Waals surface area contributed by atoms with Crippen molar-refractivity contribution in [3.05, 3.63) is 90.2 Å². The number of carbonyl (C=O) groups is 1. The summed E-state index contributed by atoms with van der Waals surface area (Å²) in [6, 6.07) is 24.3. The van der Waals surface area contributed by atoms with Crippen molar-refractivity contribution < 1.29 is 13.9 Å². The molecule has 0 aliphatic carbocycles. The van der Waals surface area contributed by atoms with Crippen LogP contribution in [0.25, 0.3) is 0 Å². The van der Waals surface area contributed by atoms with Crippen molar-refractivity contribution >= 4 is 11.7 Å². The number of nitrogens with one attached hydrogen (secondary N) is 1. The lowest BCUT2D eigenvalue weighted by atomic mass is 10.1. The summed E-state index contributed by atoms with van der Waals surface area (Å²) in [5, 5.41) is 3.02. The van der Waals surface area contributed by atoms with Crippen molar-refractivity contribution in [2.24, 2.45) is 0 Å². The maximum absolute atomic E-state index is 13.3. The number of fused-ring (bicyclic) bond motifs is 2. The van der Waals surface area contributed by atoms with E-state index in [0.29, 0.717) is 24.0 Å². The Morgan fingerprint density at radius 1 is 0.969 bits per heavy atom. The first-order valence-electron chi connectivity index (χ1n) is 11.0. The first kappa shape index (κ1) is 20.5. The smallest absolute Gasteiger partial charge is 0.322 e. The Labute approximate surface area is 187 Å². The number of amides is 2. The molecule has 0 radical (unpaired) electrons. The molecule has 2 fully saturated rings. The number of para-hydroxylation sites is 1. The van der Waals surface area contributed by atoms with E-state index >= 15 is 0 Å². The zero-order chi connectivity index (χ0) is 22.1. The Morgan fingerprint density at radius 3 is 2.44 bits per heavy atom. The Morgan fingerprint density at radius 2 is 1.72 bits per heavy atom. The van der Waals surface area contributed by atoms with Crippen LogP contribution in [-0.4, -0.2) is 41.0 Å². The largest absolute Gasteiger partial charge is 0.457 e. The molecule has 0 aromatic heterocycles. The van der Waals surface area contributed by atoms with E-state index in [2.05, 4.69) is 17.1 Å². The molecule has 2 saturated heterocycles. The number of rotatable bonds is 5. The fraction of sp³-hybridized carbons (Fsp3) is 0.269. The molecule has 2 bridgehead atoms. The third-order valence-corrected chi connectivity index (χ3v) is 6.46. The van der Waals surface area contributed by atoms with E-state index in [4.69, 9.17) is 4.74 Å². The predicted octanol–water partition coefficient (Wildman–Crippen LogP) is 5.67. The summed E-state index contributed by atoms with van der Waals surface area (Å²) < 4.78 is 19.1. The molecular weight excluding hydrogens is 405 g/mol. The summed E-state index contributed by atoms with van der Waals surface area (Å²) in [5.74, 6) is 1.21. The van der Waals surface area contributed by atoms with Crippen molar-refractivity contribution in [2.75, 3.05) is 18.4 Å². The van der Waals surface area contributed by atoms with Gasteiger partial charge < -0.3 is 15.0 Å². The lowest BCUT2D eigenvalue weighted by molar-refractivity contribution is 0.115. The molecule has 2 heterocycles. The van der Waals surface area contributed by atoms with Crippen LogP contribution in [0.5, 0.6) is 11.5 Å². The Hall–Kier alpha value is -3.38. The molecule has 32 heavy (non-hydrogen) atoms. The molecule has 3 aromatic carbocycles. The highest BCUT2D eigenvalue weighted by Gasteiger charge is 2.46. The molecule has 3 aromatic rings. The van der Waals surface area contributed by atoms with Crippen LogP contribution in [0.2, 0.25) is 0 Å². The standard InChI is InChI=1S/C26H26FN3O2/c1-18(19-10-12-20(27)13-11-19)29-16-23-15-22(29)17-30(23)26(31)28-21-6-5-9-25(14-21)32-24-7-3-2-4-8-24/h2-14,18,22-23H,15-17H2,1H3,(H,28,31). The number of hydrogen-bond acceptors (Lipinski definition) is 3. The number of urea groups is 1. The Kier molecular flexibility index (Phi) is 5.53. The highest BCUT2D eigenvalue weighted by atomic mass is 19.1. The van der Waals surface area contributed by atoms with E-state index in [1.165, 1.54) is 12.1 Å². The zero-order valence-electron chi connectivity index (χ0n) is 17.9. The minimum atomic E-state index is -0.218. The van der Waals surface area contributed by atoms with E-state index < -0.39 is 0 Å². The average Bonchev–Trinajstić information content (AvgIpc) is 3.41. The number of piperazine rings is 1. The van der Waals surface area contributed by atoms with Gasteiger partial charge in [0.15, 0.2) is 0 Å². The number of anilines is 1. The molecule has 6 heteroatoms. The van der Waals surface area contributed by atoms with Gasteiger partial charge in [0.2, 0.25) is 0 Å². The molecule has 164 valence electrons. The third kappa shape index (κ3) is 4.18. The van der Waals surface area contributed by atoms with Crippen LogP contribution in [0.3, 0.4) is 0 Å². The van der Waals surface area contributed by atoms with Gasteiger partial charge in [0.1, 0.15) is 17.3 Å². The number of benzene rings is 3. The minimum Gasteiger partial charge on any atom is -0.457 e. The van der Waals surface area contributed by atoms with Gasteiger partial charge >= 0.3 is 6.03 Å². The van der Waals surface area contributed by atoms with Crippen LogP contribution in [0.1, 0.15) is 24.9 Å². The van der Waals surface area contributed by atoms with E-state index in [9.17, 15) is 9.18 Å². The molecule has 2 amide bonds. The van der Waals surface area contributed by atoms with Gasteiger partial charge in [-0.3, -0.25) is 4.90 Å². The highest BCUT2D eigenvalue weighted by molar-refractivity contribution is 5.90. The molecular formula is C26H26FN3O2. The quantitative estimate of drug-likeness (QED) is 0.566. The fourth-order valence-corrected chi connectivity index (χ4v) is 4.81. The maximum atomic E-state index is 13.3. The minimum absolute atomic E-state index is 0.0801. The van der Waals surface area contributed by atoms with Crippen LogP contribution >= 0.6 is 0 Å². The molecule has 5 nitrogen and oxygen atoms in total. The summed E-state index contributed by atoms with van der Waals surface area (Å²) in [4.78, 5) is 17.3. The summed E-state index contributed by atoms with van der Waals surface area (Å²) >= 11 is 0. The highest BCUT2D eigenvalue weighted by Crippen LogP contribution is 2.37. The van der Waals surface area contributed by atoms with Gasteiger partial charge in [0.05, 0.1) is 0 Å². The summed E-state index contributed by atoms with van der Waals surface area (Å²) in [5.41, 5.74) is 1.81. The normalized spacial score (nSPS) is 20.9. The molecule has 1 N–H and O–H groups in total. The van der Waals surface area contributed by atoms with Crippen LogP contribution in [0.4, 0.5) is 14.9 Å². The van der Waals surface area contributed by atoms with Crippen LogP contribution in [0.15, 0.2) is 78.9 Å². The van der Waals surface area contributed by atoms with E-state index in [-0.39, 0.29) is 23.9 Å². The summed E-state index contributed by atoms with van der Waals surface area (Å²) in [6.07, 6.45) is 0.968. The van der Waals surface area contributed by atoms with Gasteiger partial charge in [-0.25, -0.2) is 9.18 Å². The van der Waals surface area contributed by atoms with E-state index in [0.717, 1.165) is 24.3 Å². The molecule has 2 aliphatic heterocycles. The summed E-state index contributed by atoms with van der Waals surface area (Å²) in [6.45, 7) is 3.67. The number of nitrogens with zero attached hydrogens (tertiary/aromatic N) is 2. The first-order valence-corrected chi connectivity index (χ1v) is 11.0. The zero-order valence-corrected chi connectivity index (χ0v) is 17.9. The molecule has 5 rings (SSSR count). The number of carbonyl (C=O) groups excluding carboxylic acids is 1. The van der Waals surface area contributed by atoms with Crippen molar-refractivity contribution in [1.82, 2.24) is 9.80 Å². The molecule has 0 saturated carbocycles. The first-order chi connectivity index (χ1) is 15.6. The van der Waals surface area contributed by atoms with Crippen LogP contribution < -0.4 is 10.1 Å². The van der Waals surface area contributed by atoms with Gasteiger partial charge in [0.25, 0.3) is 0 Å². The number of ether oxygens (including phenoxy) is 1. The number of likely N-dealkylation sites (tertiary alicyclic amines) is 2. The van der Waals surface area contributed by atoms with Gasteiger partial charge in [0, 0.05) is 43.0 Å². The van der Waals surface area contributed by atoms with Gasteiger partial charge in [-0.15, -0.1) is 0 Å². The van der Waals surface area contributed by atoms with Gasteiger partial charge in [-0.05, 0) is 55.3 Å². The van der Waals surface area contributed by atoms with Crippen molar-refractivity contribution in [2.45, 2.75) is 31.5 Å². The number of hydrogen-bond donors (Lipinski definition) is 1.